The number of tetrazole rings is 1. The van der Waals surface area contributed by atoms with E-state index < -0.39 is 11.6 Å². The molecule has 4 heterocycles. The molecule has 9 nitrogen and oxygen atoms in total. The van der Waals surface area contributed by atoms with Crippen molar-refractivity contribution >= 4 is 51.2 Å². The molecule has 2 aromatic heterocycles. The molecule has 0 bridgehead atoms. The Labute approximate surface area is 232 Å². The van der Waals surface area contributed by atoms with Gasteiger partial charge in [-0.05, 0) is 48.1 Å². The normalized spacial score (nSPS) is 16.2. The Morgan fingerprint density at radius 3 is 2.79 bits per heavy atom. The lowest BCUT2D eigenvalue weighted by Gasteiger charge is -2.43. The summed E-state index contributed by atoms with van der Waals surface area (Å²) in [5.74, 6) is 0.0844. The third-order valence-electron chi connectivity index (χ3n) is 6.70. The van der Waals surface area contributed by atoms with Gasteiger partial charge in [-0.3, -0.25) is 4.79 Å². The summed E-state index contributed by atoms with van der Waals surface area (Å²) in [6, 6.07) is 11.7. The molecule has 0 atom stereocenters. The van der Waals surface area contributed by atoms with E-state index in [1.54, 1.807) is 6.20 Å². The maximum absolute atomic E-state index is 10.9. The number of nitrogens with zero attached hydrogens (tertiary/aromatic N) is 6. The Bertz CT molecular complexity index is 1570. The maximum Gasteiger partial charge on any atom is 0.327 e. The monoisotopic (exact) mass is 568 g/mol. The van der Waals surface area contributed by atoms with Crippen LogP contribution in [0.3, 0.4) is 0 Å². The number of aryl methyl sites for hydroxylation is 1. The van der Waals surface area contributed by atoms with Crippen molar-refractivity contribution in [3.63, 3.8) is 0 Å². The number of thiazole rings is 1. The quantitative estimate of drug-likeness (QED) is 0.343. The number of ether oxygens (including phenoxy) is 1. The number of hydrogen-bond acceptors (Lipinski definition) is 8. The first-order valence-corrected chi connectivity index (χ1v) is 13.6. The molecule has 1 fully saturated rings. The third-order valence-corrected chi connectivity index (χ3v) is 8.40. The van der Waals surface area contributed by atoms with E-state index in [4.69, 9.17) is 33.0 Å². The van der Waals surface area contributed by atoms with Gasteiger partial charge in [-0.2, -0.15) is 4.80 Å². The molecule has 194 valence electrons. The van der Waals surface area contributed by atoms with Crippen molar-refractivity contribution in [2.24, 2.45) is 0 Å². The molecule has 1 spiro atoms. The van der Waals surface area contributed by atoms with Crippen LogP contribution in [0.25, 0.3) is 16.3 Å². The predicted octanol–water partition coefficient (Wildman–Crippen LogP) is 5.36. The first-order valence-electron chi connectivity index (χ1n) is 12.0. The highest BCUT2D eigenvalue weighted by atomic mass is 35.5. The Hall–Kier alpha value is -3.47. The number of piperidine rings is 1. The molecule has 6 rings (SSSR count). The van der Waals surface area contributed by atoms with Gasteiger partial charge in [0, 0.05) is 42.1 Å². The van der Waals surface area contributed by atoms with Crippen LogP contribution in [0.5, 0.6) is 5.75 Å². The van der Waals surface area contributed by atoms with Gasteiger partial charge >= 0.3 is 5.97 Å². The van der Waals surface area contributed by atoms with Gasteiger partial charge < -0.3 is 14.7 Å². The minimum Gasteiger partial charge on any atom is -0.482 e. The Balaban J connectivity index is 1.26. The highest BCUT2D eigenvalue weighted by molar-refractivity contribution is 7.18. The summed E-state index contributed by atoms with van der Waals surface area (Å²) < 4.78 is 6.63. The molecule has 0 amide bonds. The molecular weight excluding hydrogens is 547 g/mol. The Morgan fingerprint density at radius 1 is 1.18 bits per heavy atom. The number of anilines is 1. The van der Waals surface area contributed by atoms with Crippen molar-refractivity contribution in [2.75, 3.05) is 18.0 Å². The predicted molar refractivity (Wildman–Crippen MR) is 146 cm³/mol. The number of halogens is 2. The second-order valence-corrected chi connectivity index (χ2v) is 11.2. The SMILES string of the molecule is Cc1ccc(Cl)c(C2=CC3(CCN(c4ncc(-c5nnn(CC(=O)O)n5)s4)CC3)Oc3cccc(Cl)c32)c1. The smallest absolute Gasteiger partial charge is 0.327 e. The van der Waals surface area contributed by atoms with Crippen LogP contribution in [0.1, 0.15) is 29.5 Å². The molecule has 0 unspecified atom stereocenters. The lowest BCUT2D eigenvalue weighted by molar-refractivity contribution is -0.138. The van der Waals surface area contributed by atoms with E-state index in [0.717, 1.165) is 68.7 Å². The lowest BCUT2D eigenvalue weighted by Crippen LogP contribution is -2.48. The highest BCUT2D eigenvalue weighted by Gasteiger charge is 2.40. The van der Waals surface area contributed by atoms with Gasteiger partial charge in [0.25, 0.3) is 0 Å². The van der Waals surface area contributed by atoms with Gasteiger partial charge in [0.05, 0.1) is 16.1 Å². The van der Waals surface area contributed by atoms with E-state index in [0.29, 0.717) is 15.9 Å². The molecule has 12 heteroatoms. The van der Waals surface area contributed by atoms with E-state index in [1.807, 2.05) is 37.3 Å². The number of fused-ring (bicyclic) bond motifs is 1. The van der Waals surface area contributed by atoms with Crippen molar-refractivity contribution in [1.82, 2.24) is 25.2 Å². The van der Waals surface area contributed by atoms with E-state index in [-0.39, 0.29) is 6.54 Å². The summed E-state index contributed by atoms with van der Waals surface area (Å²) in [5.41, 5.74) is 3.41. The van der Waals surface area contributed by atoms with Gasteiger partial charge in [-0.25, -0.2) is 4.98 Å². The number of hydrogen-bond donors (Lipinski definition) is 1. The molecule has 0 saturated carbocycles. The van der Waals surface area contributed by atoms with Crippen LogP contribution in [0.15, 0.2) is 48.7 Å². The van der Waals surface area contributed by atoms with Crippen LogP contribution in [0.4, 0.5) is 5.13 Å². The fraction of sp³-hybridized carbons (Fsp3) is 0.269. The molecule has 2 aliphatic heterocycles. The van der Waals surface area contributed by atoms with Crippen molar-refractivity contribution in [1.29, 1.82) is 0 Å². The average molecular weight is 569 g/mol. The number of aromatic nitrogens is 5. The maximum atomic E-state index is 10.9. The van der Waals surface area contributed by atoms with Crippen molar-refractivity contribution < 1.29 is 14.6 Å². The number of carboxylic acids is 1. The fourth-order valence-corrected chi connectivity index (χ4v) is 6.24. The number of carboxylic acid groups (broad SMARTS) is 1. The van der Waals surface area contributed by atoms with Gasteiger partial charge in [-0.1, -0.05) is 52.2 Å². The summed E-state index contributed by atoms with van der Waals surface area (Å²) in [6.45, 7) is 3.16. The topological polar surface area (TPSA) is 106 Å². The fourth-order valence-electron chi connectivity index (χ4n) is 4.86. The van der Waals surface area contributed by atoms with Gasteiger partial charge in [-0.15, -0.1) is 10.2 Å². The second kappa shape index (κ2) is 9.68. The van der Waals surface area contributed by atoms with Crippen LogP contribution in [-0.4, -0.2) is 55.0 Å². The van der Waals surface area contributed by atoms with Crippen LogP contribution < -0.4 is 9.64 Å². The molecule has 1 saturated heterocycles. The number of aliphatic carboxylic acids is 1. The minimum atomic E-state index is -1.03. The Kier molecular flexibility index (Phi) is 6.33. The summed E-state index contributed by atoms with van der Waals surface area (Å²) >= 11 is 14.8. The van der Waals surface area contributed by atoms with Crippen molar-refractivity contribution in [3.8, 4) is 16.5 Å². The molecule has 2 aliphatic rings. The number of carbonyl (C=O) groups is 1. The summed E-state index contributed by atoms with van der Waals surface area (Å²) in [7, 11) is 0. The average Bonchev–Trinajstić information content (AvgIpc) is 3.55. The van der Waals surface area contributed by atoms with E-state index in [2.05, 4.69) is 37.4 Å². The molecule has 38 heavy (non-hydrogen) atoms. The van der Waals surface area contributed by atoms with E-state index in [9.17, 15) is 4.79 Å². The molecule has 0 aliphatic carbocycles. The van der Waals surface area contributed by atoms with Crippen LogP contribution in [0, 0.1) is 6.92 Å². The van der Waals surface area contributed by atoms with E-state index >= 15 is 0 Å². The zero-order chi connectivity index (χ0) is 26.4. The van der Waals surface area contributed by atoms with Gasteiger partial charge in [0.2, 0.25) is 5.82 Å². The summed E-state index contributed by atoms with van der Waals surface area (Å²) in [6.07, 6.45) is 5.37. The number of rotatable bonds is 5. The second-order valence-electron chi connectivity index (χ2n) is 9.35. The van der Waals surface area contributed by atoms with E-state index in [1.165, 1.54) is 11.3 Å². The lowest BCUT2D eigenvalue weighted by atomic mass is 9.82. The zero-order valence-electron chi connectivity index (χ0n) is 20.3. The third kappa shape index (κ3) is 4.63. The Morgan fingerprint density at radius 2 is 2.00 bits per heavy atom. The van der Waals surface area contributed by atoms with Crippen molar-refractivity contribution in [3.05, 3.63) is 75.4 Å². The summed E-state index contributed by atoms with van der Waals surface area (Å²) in [4.78, 5) is 19.5. The molecule has 2 aromatic carbocycles. The largest absolute Gasteiger partial charge is 0.482 e. The molecule has 4 aromatic rings. The molecule has 0 radical (unpaired) electrons. The van der Waals surface area contributed by atoms with Crippen LogP contribution >= 0.6 is 34.5 Å². The first-order chi connectivity index (χ1) is 18.3. The standard InChI is InChI=1S/C26H22Cl2N6O3S/c1-15-5-6-18(27)16(11-15)17-12-26(37-20-4-2-3-19(28)23(17)20)7-9-33(10-8-26)25-29-13-21(38-25)24-30-32-34(31-24)14-22(35)36/h2-6,11-13H,7-10,14H2,1H3,(H,35,36). The van der Waals surface area contributed by atoms with Crippen LogP contribution in [0.2, 0.25) is 10.0 Å². The van der Waals surface area contributed by atoms with Gasteiger partial charge in [0.15, 0.2) is 11.7 Å². The first kappa shape index (κ1) is 24.8. The van der Waals surface area contributed by atoms with Crippen molar-refractivity contribution in [2.45, 2.75) is 31.9 Å². The highest BCUT2D eigenvalue weighted by Crippen LogP contribution is 2.47. The number of benzene rings is 2. The zero-order valence-corrected chi connectivity index (χ0v) is 22.6. The van der Waals surface area contributed by atoms with Crippen LogP contribution in [-0.2, 0) is 11.3 Å². The molecule has 1 N–H and O–H groups in total. The summed E-state index contributed by atoms with van der Waals surface area (Å²) in [5, 5.41) is 23.0. The molecular formula is C26H22Cl2N6O3S. The van der Waals surface area contributed by atoms with Gasteiger partial charge in [0.1, 0.15) is 11.4 Å². The minimum absolute atomic E-state index is 0.343.